The summed E-state index contributed by atoms with van der Waals surface area (Å²) in [5, 5.41) is 7.58. The maximum absolute atomic E-state index is 12.6. The van der Waals surface area contributed by atoms with Gasteiger partial charge in [0.1, 0.15) is 5.69 Å². The van der Waals surface area contributed by atoms with Crippen molar-refractivity contribution in [2.24, 2.45) is 0 Å². The van der Waals surface area contributed by atoms with Gasteiger partial charge in [-0.1, -0.05) is 18.2 Å². The van der Waals surface area contributed by atoms with Crippen LogP contribution in [0.15, 0.2) is 59.5 Å². The lowest BCUT2D eigenvalue weighted by atomic mass is 10.1. The number of rotatable bonds is 7. The van der Waals surface area contributed by atoms with E-state index in [0.717, 1.165) is 29.7 Å². The standard InChI is InChI=1S/C25H27N5O2/c1-4-29-23-13-12-19(15-22(23)27-18(3)25(29)32)24(31)26-14-8-9-20-16-30(28-17(20)2)21-10-6-5-7-11-21/h5-7,10-13,15-16H,4,8-9,14H2,1-3H3,(H,26,31). The Morgan fingerprint density at radius 2 is 1.84 bits per heavy atom. The van der Waals surface area contributed by atoms with Crippen LogP contribution in [0.2, 0.25) is 0 Å². The first kappa shape index (κ1) is 21.5. The van der Waals surface area contributed by atoms with Crippen LogP contribution < -0.4 is 10.9 Å². The molecule has 0 fully saturated rings. The molecule has 0 radical (unpaired) electrons. The largest absolute Gasteiger partial charge is 0.352 e. The van der Waals surface area contributed by atoms with Crippen LogP contribution in [-0.4, -0.2) is 31.8 Å². The number of carbonyl (C=O) groups excluding carboxylic acids is 1. The molecule has 4 rings (SSSR count). The van der Waals surface area contributed by atoms with Gasteiger partial charge in [-0.15, -0.1) is 0 Å². The summed E-state index contributed by atoms with van der Waals surface area (Å²) in [5.41, 5.74) is 5.48. The molecule has 1 N–H and O–H groups in total. The molecule has 0 aliphatic carbocycles. The minimum Gasteiger partial charge on any atom is -0.352 e. The smallest absolute Gasteiger partial charge is 0.272 e. The second-order valence-electron chi connectivity index (χ2n) is 7.83. The van der Waals surface area contributed by atoms with Gasteiger partial charge in [-0.05, 0) is 69.5 Å². The first-order valence-corrected chi connectivity index (χ1v) is 10.9. The van der Waals surface area contributed by atoms with Gasteiger partial charge in [-0.2, -0.15) is 5.10 Å². The summed E-state index contributed by atoms with van der Waals surface area (Å²) >= 11 is 0. The summed E-state index contributed by atoms with van der Waals surface area (Å²) in [6.07, 6.45) is 3.70. The average molecular weight is 430 g/mol. The van der Waals surface area contributed by atoms with Crippen LogP contribution in [0.4, 0.5) is 0 Å². The van der Waals surface area contributed by atoms with Gasteiger partial charge in [0.05, 0.1) is 22.4 Å². The van der Waals surface area contributed by atoms with Gasteiger partial charge in [0.25, 0.3) is 11.5 Å². The number of benzene rings is 2. The Balaban J connectivity index is 1.38. The van der Waals surface area contributed by atoms with Crippen molar-refractivity contribution in [1.82, 2.24) is 24.6 Å². The van der Waals surface area contributed by atoms with Gasteiger partial charge in [0.15, 0.2) is 0 Å². The number of carbonyl (C=O) groups is 1. The second kappa shape index (κ2) is 9.18. The minimum atomic E-state index is -0.141. The van der Waals surface area contributed by atoms with Crippen molar-refractivity contribution in [2.45, 2.75) is 40.2 Å². The number of fused-ring (bicyclic) bond motifs is 1. The fourth-order valence-electron chi connectivity index (χ4n) is 3.87. The summed E-state index contributed by atoms with van der Waals surface area (Å²) in [6.45, 7) is 6.75. The molecule has 0 bridgehead atoms. The Bertz CT molecular complexity index is 1320. The molecule has 32 heavy (non-hydrogen) atoms. The first-order chi connectivity index (χ1) is 15.5. The predicted octanol–water partition coefficient (Wildman–Crippen LogP) is 3.58. The van der Waals surface area contributed by atoms with Crippen molar-refractivity contribution in [3.63, 3.8) is 0 Å². The van der Waals surface area contributed by atoms with E-state index < -0.39 is 0 Å². The van der Waals surface area contributed by atoms with Crippen molar-refractivity contribution in [3.8, 4) is 5.69 Å². The Kier molecular flexibility index (Phi) is 6.16. The van der Waals surface area contributed by atoms with Crippen LogP contribution in [-0.2, 0) is 13.0 Å². The van der Waals surface area contributed by atoms with Crippen LogP contribution in [0.3, 0.4) is 0 Å². The Morgan fingerprint density at radius 3 is 2.59 bits per heavy atom. The Morgan fingerprint density at radius 1 is 1.06 bits per heavy atom. The van der Waals surface area contributed by atoms with Crippen LogP contribution >= 0.6 is 0 Å². The first-order valence-electron chi connectivity index (χ1n) is 10.9. The molecule has 0 unspecified atom stereocenters. The summed E-state index contributed by atoms with van der Waals surface area (Å²) in [5.74, 6) is -0.141. The number of hydrogen-bond acceptors (Lipinski definition) is 4. The zero-order valence-electron chi connectivity index (χ0n) is 18.6. The number of nitrogens with zero attached hydrogens (tertiary/aromatic N) is 4. The molecule has 164 valence electrons. The van der Waals surface area contributed by atoms with Crippen molar-refractivity contribution >= 4 is 16.9 Å². The topological polar surface area (TPSA) is 81.8 Å². The van der Waals surface area contributed by atoms with E-state index in [9.17, 15) is 9.59 Å². The van der Waals surface area contributed by atoms with E-state index in [1.807, 2.05) is 48.9 Å². The molecule has 4 aromatic rings. The lowest BCUT2D eigenvalue weighted by molar-refractivity contribution is 0.0953. The third-order valence-corrected chi connectivity index (χ3v) is 5.62. The molecule has 0 aliphatic heterocycles. The van der Waals surface area contributed by atoms with E-state index in [0.29, 0.717) is 29.9 Å². The van der Waals surface area contributed by atoms with Gasteiger partial charge < -0.3 is 9.88 Å². The highest BCUT2D eigenvalue weighted by Gasteiger charge is 2.11. The zero-order chi connectivity index (χ0) is 22.7. The van der Waals surface area contributed by atoms with E-state index >= 15 is 0 Å². The Labute approximate surface area is 186 Å². The van der Waals surface area contributed by atoms with Crippen LogP contribution in [0.1, 0.15) is 40.7 Å². The highest BCUT2D eigenvalue weighted by molar-refractivity contribution is 5.97. The number of hydrogen-bond donors (Lipinski definition) is 1. The van der Waals surface area contributed by atoms with Crippen molar-refractivity contribution in [2.75, 3.05) is 6.54 Å². The monoisotopic (exact) mass is 429 g/mol. The molecule has 0 saturated heterocycles. The number of amides is 1. The third kappa shape index (κ3) is 4.32. The summed E-state index contributed by atoms with van der Waals surface area (Å²) in [6, 6.07) is 15.3. The van der Waals surface area contributed by atoms with E-state index in [1.165, 1.54) is 5.56 Å². The molecule has 7 heteroatoms. The Hall–Kier alpha value is -3.74. The van der Waals surface area contributed by atoms with Gasteiger partial charge in [-0.25, -0.2) is 9.67 Å². The fraction of sp³-hybridized carbons (Fsp3) is 0.280. The van der Waals surface area contributed by atoms with E-state index in [-0.39, 0.29) is 11.5 Å². The molecule has 0 saturated carbocycles. The molecule has 0 aliphatic rings. The molecule has 7 nitrogen and oxygen atoms in total. The van der Waals surface area contributed by atoms with E-state index in [1.54, 1.807) is 29.7 Å². The lowest BCUT2D eigenvalue weighted by Gasteiger charge is -2.10. The maximum Gasteiger partial charge on any atom is 0.272 e. The van der Waals surface area contributed by atoms with Gasteiger partial charge >= 0.3 is 0 Å². The van der Waals surface area contributed by atoms with Crippen LogP contribution in [0.5, 0.6) is 0 Å². The molecule has 2 aromatic carbocycles. The van der Waals surface area contributed by atoms with E-state index in [2.05, 4.69) is 21.6 Å². The van der Waals surface area contributed by atoms with E-state index in [4.69, 9.17) is 0 Å². The number of nitrogens with one attached hydrogen (secondary N) is 1. The normalized spacial score (nSPS) is 11.1. The van der Waals surface area contributed by atoms with Crippen LogP contribution in [0.25, 0.3) is 16.7 Å². The summed E-state index contributed by atoms with van der Waals surface area (Å²) < 4.78 is 3.57. The van der Waals surface area contributed by atoms with Crippen molar-refractivity contribution in [3.05, 3.63) is 87.6 Å². The minimum absolute atomic E-state index is 0.0944. The molecule has 1 amide bonds. The summed E-state index contributed by atoms with van der Waals surface area (Å²) in [4.78, 5) is 29.3. The SMILES string of the molecule is CCn1c(=O)c(C)nc2cc(C(=O)NCCCc3cn(-c4ccccc4)nc3C)ccc21. The highest BCUT2D eigenvalue weighted by Crippen LogP contribution is 2.15. The van der Waals surface area contributed by atoms with Gasteiger partial charge in [0, 0.05) is 24.8 Å². The molecule has 0 spiro atoms. The van der Waals surface area contributed by atoms with Crippen molar-refractivity contribution in [1.29, 1.82) is 0 Å². The van der Waals surface area contributed by atoms with Gasteiger partial charge in [0.2, 0.25) is 0 Å². The zero-order valence-corrected chi connectivity index (χ0v) is 18.6. The predicted molar refractivity (Wildman–Crippen MR) is 125 cm³/mol. The average Bonchev–Trinajstić information content (AvgIpc) is 3.18. The number of aromatic nitrogens is 4. The fourth-order valence-corrected chi connectivity index (χ4v) is 3.87. The summed E-state index contributed by atoms with van der Waals surface area (Å²) in [7, 11) is 0. The molecule has 2 heterocycles. The molecular formula is C25H27N5O2. The van der Waals surface area contributed by atoms with Crippen molar-refractivity contribution < 1.29 is 4.79 Å². The van der Waals surface area contributed by atoms with Gasteiger partial charge in [-0.3, -0.25) is 9.59 Å². The number of aryl methyl sites for hydroxylation is 4. The second-order valence-corrected chi connectivity index (χ2v) is 7.83. The quantitative estimate of drug-likeness (QED) is 0.455. The number of para-hydroxylation sites is 1. The molecule has 2 aromatic heterocycles. The maximum atomic E-state index is 12.6. The molecular weight excluding hydrogens is 402 g/mol. The highest BCUT2D eigenvalue weighted by atomic mass is 16.1. The van der Waals surface area contributed by atoms with Crippen LogP contribution in [0, 0.1) is 13.8 Å². The lowest BCUT2D eigenvalue weighted by Crippen LogP contribution is -2.26. The molecule has 0 atom stereocenters. The third-order valence-electron chi connectivity index (χ3n) is 5.62.